The zero-order chi connectivity index (χ0) is 20.1. The van der Waals surface area contributed by atoms with Gasteiger partial charge < -0.3 is 10.1 Å². The molecule has 146 valence electrons. The molecule has 0 aliphatic rings. The zero-order valence-corrected chi connectivity index (χ0v) is 16.8. The summed E-state index contributed by atoms with van der Waals surface area (Å²) in [4.78, 5) is 24.3. The fourth-order valence-corrected chi connectivity index (χ4v) is 3.52. The van der Waals surface area contributed by atoms with Crippen LogP contribution in [-0.2, 0) is 4.79 Å². The highest BCUT2D eigenvalue weighted by Crippen LogP contribution is 2.18. The molecular formula is C20H22N3O4S+. The van der Waals surface area contributed by atoms with Crippen LogP contribution in [0.1, 0.15) is 17.5 Å². The fourth-order valence-electron chi connectivity index (χ4n) is 2.61. The topological polar surface area (TPSA) is 88.2 Å². The van der Waals surface area contributed by atoms with Crippen molar-refractivity contribution in [1.29, 1.82) is 0 Å². The van der Waals surface area contributed by atoms with Gasteiger partial charge in [-0.25, -0.2) is 4.79 Å². The number of aromatic amines is 1. The van der Waals surface area contributed by atoms with Crippen LogP contribution < -0.4 is 20.4 Å². The molecule has 28 heavy (non-hydrogen) atoms. The smallest absolute Gasteiger partial charge is 0.442 e. The second-order valence-electron chi connectivity index (χ2n) is 6.28. The lowest BCUT2D eigenvalue weighted by atomic mass is 10.1. The van der Waals surface area contributed by atoms with Gasteiger partial charge in [-0.2, -0.15) is 0 Å². The summed E-state index contributed by atoms with van der Waals surface area (Å²) in [6.07, 6.45) is 0.269. The molecule has 1 heterocycles. The number of anilines is 1. The standard InChI is InChI=1S/C20H21N3O4S/c1-13-4-5-14(2)17(12-13)21-18(24)10-11-28-19-20(25)27-22-23(19)15-6-8-16(26-3)9-7-15/h4-9,12H,10-11H2,1-3H3,(H-,21,22,24,25)/p+1. The van der Waals surface area contributed by atoms with E-state index in [0.29, 0.717) is 16.5 Å². The first-order chi connectivity index (χ1) is 13.5. The number of aromatic nitrogens is 2. The van der Waals surface area contributed by atoms with Crippen molar-refractivity contribution >= 4 is 23.4 Å². The van der Waals surface area contributed by atoms with Crippen LogP contribution in [-0.4, -0.2) is 24.0 Å². The molecule has 0 bridgehead atoms. The summed E-state index contributed by atoms with van der Waals surface area (Å²) in [6, 6.07) is 13.1. The van der Waals surface area contributed by atoms with Crippen LogP contribution in [0.3, 0.4) is 0 Å². The molecule has 0 radical (unpaired) electrons. The van der Waals surface area contributed by atoms with Crippen molar-refractivity contribution in [3.05, 3.63) is 64.0 Å². The Morgan fingerprint density at radius 3 is 2.68 bits per heavy atom. The largest absolute Gasteiger partial charge is 0.497 e. The Morgan fingerprint density at radius 1 is 1.21 bits per heavy atom. The van der Waals surface area contributed by atoms with Gasteiger partial charge in [0.2, 0.25) is 11.6 Å². The van der Waals surface area contributed by atoms with Crippen LogP contribution in [0.25, 0.3) is 5.69 Å². The summed E-state index contributed by atoms with van der Waals surface area (Å²) in [5, 5.41) is 5.89. The average molecular weight is 400 g/mol. The summed E-state index contributed by atoms with van der Waals surface area (Å²) in [7, 11) is 1.59. The van der Waals surface area contributed by atoms with Gasteiger partial charge in [-0.05, 0) is 64.9 Å². The van der Waals surface area contributed by atoms with E-state index in [1.165, 1.54) is 11.8 Å². The number of rotatable bonds is 7. The Morgan fingerprint density at radius 2 is 1.96 bits per heavy atom. The predicted octanol–water partition coefficient (Wildman–Crippen LogP) is 2.99. The van der Waals surface area contributed by atoms with E-state index in [4.69, 9.17) is 9.26 Å². The van der Waals surface area contributed by atoms with E-state index < -0.39 is 5.63 Å². The van der Waals surface area contributed by atoms with Gasteiger partial charge in [0.05, 0.1) is 7.11 Å². The molecule has 3 rings (SSSR count). The van der Waals surface area contributed by atoms with E-state index >= 15 is 0 Å². The molecule has 1 amide bonds. The van der Waals surface area contributed by atoms with Crippen LogP contribution in [0.5, 0.6) is 5.75 Å². The lowest BCUT2D eigenvalue weighted by Crippen LogP contribution is -2.36. The molecule has 2 aromatic carbocycles. The van der Waals surface area contributed by atoms with Crippen LogP contribution in [0.15, 0.2) is 56.8 Å². The Bertz CT molecular complexity index is 1020. The van der Waals surface area contributed by atoms with Crippen LogP contribution >= 0.6 is 11.8 Å². The Balaban J connectivity index is 1.63. The van der Waals surface area contributed by atoms with Crippen molar-refractivity contribution in [3.63, 3.8) is 0 Å². The fraction of sp³-hybridized carbons (Fsp3) is 0.250. The molecule has 1 aromatic heterocycles. The molecule has 0 saturated heterocycles. The van der Waals surface area contributed by atoms with Gasteiger partial charge in [0.25, 0.3) is 0 Å². The molecule has 0 spiro atoms. The van der Waals surface area contributed by atoms with Crippen molar-refractivity contribution in [3.8, 4) is 11.4 Å². The van der Waals surface area contributed by atoms with Crippen molar-refractivity contribution in [1.82, 2.24) is 5.27 Å². The molecule has 7 nitrogen and oxygen atoms in total. The summed E-state index contributed by atoms with van der Waals surface area (Å²) in [5.74, 6) is 1.06. The van der Waals surface area contributed by atoms with Crippen molar-refractivity contribution in [2.75, 3.05) is 18.2 Å². The Labute approximate surface area is 166 Å². The molecule has 2 N–H and O–H groups in total. The SMILES string of the molecule is COc1ccc(-[n+]2[nH]oc(=O)c2SCCC(=O)Nc2cc(C)ccc2C)cc1. The van der Waals surface area contributed by atoms with E-state index in [1.54, 1.807) is 23.9 Å². The normalized spacial score (nSPS) is 10.7. The van der Waals surface area contributed by atoms with Crippen molar-refractivity contribution in [2.45, 2.75) is 25.3 Å². The van der Waals surface area contributed by atoms with Gasteiger partial charge in [-0.15, -0.1) is 0 Å². The number of nitrogens with zero attached hydrogens (tertiary/aromatic N) is 1. The third-order valence-corrected chi connectivity index (χ3v) is 5.20. The summed E-state index contributed by atoms with van der Waals surface area (Å²) in [6.45, 7) is 3.93. The first kappa shape index (κ1) is 19.8. The van der Waals surface area contributed by atoms with E-state index in [-0.39, 0.29) is 12.3 Å². The number of nitrogens with one attached hydrogen (secondary N) is 2. The summed E-state index contributed by atoms with van der Waals surface area (Å²) < 4.78 is 11.6. The summed E-state index contributed by atoms with van der Waals surface area (Å²) >= 11 is 1.26. The van der Waals surface area contributed by atoms with Gasteiger partial charge in [0.1, 0.15) is 5.75 Å². The Kier molecular flexibility index (Phi) is 6.20. The Hall–Kier alpha value is -3.00. The van der Waals surface area contributed by atoms with Crippen LogP contribution in [0.2, 0.25) is 0 Å². The molecule has 3 aromatic rings. The number of ether oxygens (including phenoxy) is 1. The number of methoxy groups -OCH3 is 1. The van der Waals surface area contributed by atoms with Crippen LogP contribution in [0.4, 0.5) is 5.69 Å². The van der Waals surface area contributed by atoms with Gasteiger partial charge in [-0.1, -0.05) is 12.1 Å². The highest BCUT2D eigenvalue weighted by molar-refractivity contribution is 7.99. The minimum absolute atomic E-state index is 0.0999. The number of benzene rings is 2. The van der Waals surface area contributed by atoms with Gasteiger partial charge in [0, 0.05) is 30.0 Å². The van der Waals surface area contributed by atoms with E-state index in [0.717, 1.165) is 22.5 Å². The third-order valence-electron chi connectivity index (χ3n) is 4.17. The van der Waals surface area contributed by atoms with Gasteiger partial charge >= 0.3 is 10.7 Å². The third kappa shape index (κ3) is 4.64. The molecule has 0 unspecified atom stereocenters. The van der Waals surface area contributed by atoms with Crippen molar-refractivity contribution < 1.29 is 18.7 Å². The van der Waals surface area contributed by atoms with Crippen LogP contribution in [0, 0.1) is 13.8 Å². The number of hydrogen-bond acceptors (Lipinski definition) is 5. The first-order valence-corrected chi connectivity index (χ1v) is 9.74. The molecule has 8 heteroatoms. The second kappa shape index (κ2) is 8.79. The lowest BCUT2D eigenvalue weighted by Gasteiger charge is -2.08. The molecule has 0 fully saturated rings. The number of carbonyl (C=O) groups excluding carboxylic acids is 1. The van der Waals surface area contributed by atoms with E-state index in [1.807, 2.05) is 44.2 Å². The maximum absolute atomic E-state index is 12.3. The number of carbonyl (C=O) groups is 1. The van der Waals surface area contributed by atoms with Crippen molar-refractivity contribution in [2.24, 2.45) is 0 Å². The zero-order valence-electron chi connectivity index (χ0n) is 15.9. The predicted molar refractivity (Wildman–Crippen MR) is 107 cm³/mol. The first-order valence-electron chi connectivity index (χ1n) is 8.76. The number of H-pyrrole nitrogens is 1. The van der Waals surface area contributed by atoms with E-state index in [9.17, 15) is 9.59 Å². The molecule has 0 aliphatic carbocycles. The number of amides is 1. The summed E-state index contributed by atoms with van der Waals surface area (Å²) in [5.41, 5.74) is 3.16. The minimum atomic E-state index is -0.476. The molecule has 0 saturated carbocycles. The molecular weight excluding hydrogens is 378 g/mol. The van der Waals surface area contributed by atoms with E-state index in [2.05, 4.69) is 10.6 Å². The minimum Gasteiger partial charge on any atom is -0.497 e. The molecule has 0 atom stereocenters. The second-order valence-corrected chi connectivity index (χ2v) is 7.37. The monoisotopic (exact) mass is 400 g/mol. The van der Waals surface area contributed by atoms with Gasteiger partial charge in [0.15, 0.2) is 0 Å². The highest BCUT2D eigenvalue weighted by atomic mass is 32.2. The number of thioether (sulfide) groups is 1. The number of aryl methyl sites for hydroxylation is 2. The van der Waals surface area contributed by atoms with Gasteiger partial charge in [-0.3, -0.25) is 9.32 Å². The maximum atomic E-state index is 12.3. The number of hydrogen-bond donors (Lipinski definition) is 2. The lowest BCUT2D eigenvalue weighted by molar-refractivity contribution is -0.704. The molecule has 0 aliphatic heterocycles. The maximum Gasteiger partial charge on any atom is 0.442 e. The quantitative estimate of drug-likeness (QED) is 0.470. The average Bonchev–Trinajstić information content (AvgIpc) is 3.05. The highest BCUT2D eigenvalue weighted by Gasteiger charge is 2.24.